The number of rotatable bonds is 5. The Morgan fingerprint density at radius 1 is 1.15 bits per heavy atom. The first-order valence-electron chi connectivity index (χ1n) is 7.43. The predicted molar refractivity (Wildman–Crippen MR) is 88.8 cm³/mol. The van der Waals surface area contributed by atoms with Crippen LogP contribution < -0.4 is 10.0 Å². The SMILES string of the molecule is Cc1ccc(NC(=O)[C@H](C)NS(=O)(=O)c2ccccc2C(F)(F)F)nc1. The second-order valence-electron chi connectivity index (χ2n) is 5.55. The quantitative estimate of drug-likeness (QED) is 0.826. The van der Waals surface area contributed by atoms with Gasteiger partial charge in [-0.2, -0.15) is 17.9 Å². The number of carbonyl (C=O) groups is 1. The van der Waals surface area contributed by atoms with E-state index >= 15 is 0 Å². The van der Waals surface area contributed by atoms with E-state index in [4.69, 9.17) is 0 Å². The number of halogens is 3. The maximum absolute atomic E-state index is 13.0. The van der Waals surface area contributed by atoms with Crippen molar-refractivity contribution >= 4 is 21.7 Å². The summed E-state index contributed by atoms with van der Waals surface area (Å²) in [6, 6.07) is 5.65. The van der Waals surface area contributed by atoms with Gasteiger partial charge >= 0.3 is 6.18 Å². The number of benzene rings is 1. The number of pyridine rings is 1. The van der Waals surface area contributed by atoms with Crippen molar-refractivity contribution in [1.82, 2.24) is 9.71 Å². The summed E-state index contributed by atoms with van der Waals surface area (Å²) in [5.74, 6) is -0.559. The number of carbonyl (C=O) groups excluding carboxylic acids is 1. The third-order valence-electron chi connectivity index (χ3n) is 3.37. The van der Waals surface area contributed by atoms with Crippen LogP contribution in [0.25, 0.3) is 0 Å². The van der Waals surface area contributed by atoms with Crippen LogP contribution in [0.4, 0.5) is 19.0 Å². The average Bonchev–Trinajstić information content (AvgIpc) is 2.55. The van der Waals surface area contributed by atoms with Crippen LogP contribution in [-0.2, 0) is 21.0 Å². The Labute approximate surface area is 148 Å². The smallest absolute Gasteiger partial charge is 0.309 e. The normalized spacial score (nSPS) is 13.3. The minimum Gasteiger partial charge on any atom is -0.309 e. The molecule has 0 aliphatic heterocycles. The average molecular weight is 387 g/mol. The van der Waals surface area contributed by atoms with E-state index in [-0.39, 0.29) is 5.82 Å². The number of anilines is 1. The van der Waals surface area contributed by atoms with Gasteiger partial charge in [-0.1, -0.05) is 18.2 Å². The molecule has 6 nitrogen and oxygen atoms in total. The Kier molecular flexibility index (Phi) is 5.67. The molecule has 0 saturated carbocycles. The topological polar surface area (TPSA) is 88.2 Å². The van der Waals surface area contributed by atoms with Gasteiger partial charge in [0, 0.05) is 6.20 Å². The van der Waals surface area contributed by atoms with Crippen LogP contribution in [0.5, 0.6) is 0 Å². The van der Waals surface area contributed by atoms with Crippen molar-refractivity contribution in [1.29, 1.82) is 0 Å². The number of alkyl halides is 3. The van der Waals surface area contributed by atoms with E-state index in [1.54, 1.807) is 13.0 Å². The number of aromatic nitrogens is 1. The number of sulfonamides is 1. The highest BCUT2D eigenvalue weighted by Crippen LogP contribution is 2.33. The van der Waals surface area contributed by atoms with Crippen molar-refractivity contribution in [2.24, 2.45) is 0 Å². The summed E-state index contributed by atoms with van der Waals surface area (Å²) in [4.78, 5) is 15.1. The molecule has 0 bridgehead atoms. The summed E-state index contributed by atoms with van der Waals surface area (Å²) >= 11 is 0. The van der Waals surface area contributed by atoms with Crippen molar-refractivity contribution in [3.05, 3.63) is 53.7 Å². The number of nitrogens with zero attached hydrogens (tertiary/aromatic N) is 1. The van der Waals surface area contributed by atoms with Crippen molar-refractivity contribution in [2.45, 2.75) is 31.0 Å². The highest BCUT2D eigenvalue weighted by molar-refractivity contribution is 7.89. The molecule has 140 valence electrons. The lowest BCUT2D eigenvalue weighted by Crippen LogP contribution is -2.42. The molecule has 0 unspecified atom stereocenters. The number of amides is 1. The van der Waals surface area contributed by atoms with Crippen LogP contribution >= 0.6 is 0 Å². The van der Waals surface area contributed by atoms with E-state index in [1.807, 2.05) is 4.72 Å². The Hall–Kier alpha value is -2.46. The molecule has 2 N–H and O–H groups in total. The van der Waals surface area contributed by atoms with Crippen molar-refractivity contribution in [3.63, 3.8) is 0 Å². The number of hydrogen-bond acceptors (Lipinski definition) is 4. The second-order valence-corrected chi connectivity index (χ2v) is 7.23. The molecule has 1 atom stereocenters. The van der Waals surface area contributed by atoms with E-state index in [1.165, 1.54) is 25.3 Å². The molecule has 0 radical (unpaired) electrons. The van der Waals surface area contributed by atoms with Crippen molar-refractivity contribution in [3.8, 4) is 0 Å². The lowest BCUT2D eigenvalue weighted by atomic mass is 10.2. The van der Waals surface area contributed by atoms with Gasteiger partial charge in [0.05, 0.1) is 16.5 Å². The van der Waals surface area contributed by atoms with Crippen molar-refractivity contribution < 1.29 is 26.4 Å². The van der Waals surface area contributed by atoms with E-state index in [0.29, 0.717) is 6.07 Å². The van der Waals surface area contributed by atoms with E-state index in [0.717, 1.165) is 17.7 Å². The fourth-order valence-corrected chi connectivity index (χ4v) is 3.49. The highest BCUT2D eigenvalue weighted by atomic mass is 32.2. The molecule has 0 spiro atoms. The molecule has 1 aromatic carbocycles. The van der Waals surface area contributed by atoms with Crippen LogP contribution in [0.3, 0.4) is 0 Å². The van der Waals surface area contributed by atoms with Gasteiger partial charge in [-0.25, -0.2) is 13.4 Å². The molecule has 1 amide bonds. The predicted octanol–water partition coefficient (Wildman–Crippen LogP) is 2.71. The summed E-state index contributed by atoms with van der Waals surface area (Å²) in [7, 11) is -4.57. The Morgan fingerprint density at radius 2 is 1.81 bits per heavy atom. The van der Waals surface area contributed by atoms with E-state index in [9.17, 15) is 26.4 Å². The molecule has 2 aromatic rings. The molecule has 1 aromatic heterocycles. The Bertz CT molecular complexity index is 897. The van der Waals surface area contributed by atoms with Crippen molar-refractivity contribution in [2.75, 3.05) is 5.32 Å². The molecule has 2 rings (SSSR count). The zero-order valence-electron chi connectivity index (χ0n) is 13.8. The summed E-state index contributed by atoms with van der Waals surface area (Å²) in [6.45, 7) is 3.02. The maximum Gasteiger partial charge on any atom is 0.417 e. The molecule has 26 heavy (non-hydrogen) atoms. The first-order valence-corrected chi connectivity index (χ1v) is 8.91. The first-order chi connectivity index (χ1) is 12.0. The van der Waals surface area contributed by atoms with Gasteiger partial charge in [0.2, 0.25) is 15.9 Å². The summed E-state index contributed by atoms with van der Waals surface area (Å²) in [5.41, 5.74) is -0.444. The van der Waals surface area contributed by atoms with Crippen LogP contribution in [0, 0.1) is 6.92 Å². The molecule has 0 fully saturated rings. The molecule has 10 heteroatoms. The number of hydrogen-bond donors (Lipinski definition) is 2. The summed E-state index contributed by atoms with van der Waals surface area (Å²) in [6.07, 6.45) is -3.34. The lowest BCUT2D eigenvalue weighted by molar-refractivity contribution is -0.139. The van der Waals surface area contributed by atoms with Gasteiger partial charge in [0.25, 0.3) is 0 Å². The van der Waals surface area contributed by atoms with E-state index in [2.05, 4.69) is 10.3 Å². The second kappa shape index (κ2) is 7.42. The van der Waals surface area contributed by atoms with Gasteiger partial charge in [-0.15, -0.1) is 0 Å². The standard InChI is InChI=1S/C16H16F3N3O3S/c1-10-7-8-14(20-9-10)21-15(23)11(2)22-26(24,25)13-6-4-3-5-12(13)16(17,18)19/h3-9,11,22H,1-2H3,(H,20,21,23)/t11-/m0/s1. The minimum atomic E-state index is -4.84. The first kappa shape index (κ1) is 19.9. The third-order valence-corrected chi connectivity index (χ3v) is 4.97. The summed E-state index contributed by atoms with van der Waals surface area (Å²) in [5, 5.41) is 2.39. The van der Waals surface area contributed by atoms with Crippen LogP contribution in [0.2, 0.25) is 0 Å². The van der Waals surface area contributed by atoms with Gasteiger partial charge in [0.15, 0.2) is 0 Å². The highest BCUT2D eigenvalue weighted by Gasteiger charge is 2.37. The van der Waals surface area contributed by atoms with Gasteiger partial charge < -0.3 is 5.32 Å². The molecule has 1 heterocycles. The van der Waals surface area contributed by atoms with Crippen LogP contribution in [0.15, 0.2) is 47.5 Å². The zero-order valence-corrected chi connectivity index (χ0v) is 14.6. The molecule has 0 saturated heterocycles. The molecule has 0 aliphatic rings. The Morgan fingerprint density at radius 3 is 2.38 bits per heavy atom. The Balaban J connectivity index is 2.19. The fraction of sp³-hybridized carbons (Fsp3) is 0.250. The number of nitrogens with one attached hydrogen (secondary N) is 2. The van der Waals surface area contributed by atoms with E-state index < -0.39 is 38.6 Å². The fourth-order valence-electron chi connectivity index (χ4n) is 2.06. The zero-order chi connectivity index (χ0) is 19.5. The van der Waals surface area contributed by atoms with Gasteiger partial charge in [0.1, 0.15) is 5.82 Å². The lowest BCUT2D eigenvalue weighted by Gasteiger charge is -2.17. The minimum absolute atomic E-state index is 0.197. The van der Waals surface area contributed by atoms with Gasteiger partial charge in [-0.05, 0) is 37.6 Å². The molecular formula is C16H16F3N3O3S. The monoisotopic (exact) mass is 387 g/mol. The largest absolute Gasteiger partial charge is 0.417 e. The third kappa shape index (κ3) is 4.79. The number of aryl methyl sites for hydroxylation is 1. The van der Waals surface area contributed by atoms with Crippen LogP contribution in [0.1, 0.15) is 18.1 Å². The molecule has 0 aliphatic carbocycles. The van der Waals surface area contributed by atoms with Crippen LogP contribution in [-0.4, -0.2) is 25.4 Å². The summed E-state index contributed by atoms with van der Waals surface area (Å²) < 4.78 is 65.6. The molecular weight excluding hydrogens is 371 g/mol. The van der Waals surface area contributed by atoms with Gasteiger partial charge in [-0.3, -0.25) is 4.79 Å². The maximum atomic E-state index is 13.0.